The number of carbonyl (C=O) groups is 1. The largest absolute Gasteiger partial charge is 0.370 e. The van der Waals surface area contributed by atoms with E-state index in [1.54, 1.807) is 0 Å². The highest BCUT2D eigenvalue weighted by molar-refractivity contribution is 5.73. The minimum Gasteiger partial charge on any atom is -0.370 e. The van der Waals surface area contributed by atoms with Crippen molar-refractivity contribution >= 4 is 5.91 Å². The van der Waals surface area contributed by atoms with E-state index in [9.17, 15) is 4.79 Å². The van der Waals surface area contributed by atoms with Gasteiger partial charge in [0.2, 0.25) is 5.91 Å². The van der Waals surface area contributed by atoms with Crippen molar-refractivity contribution in [3.8, 4) is 0 Å². The molecule has 100 valence electrons. The molecule has 17 heavy (non-hydrogen) atoms. The molecule has 0 aliphatic heterocycles. The highest BCUT2D eigenvalue weighted by Gasteiger charge is 2.19. The van der Waals surface area contributed by atoms with Crippen LogP contribution < -0.4 is 11.1 Å². The summed E-state index contributed by atoms with van der Waals surface area (Å²) in [7, 11) is 0. The zero-order chi connectivity index (χ0) is 12.5. The summed E-state index contributed by atoms with van der Waals surface area (Å²) in [6.45, 7) is 3.32. The van der Waals surface area contributed by atoms with Crippen LogP contribution in [0.4, 0.5) is 0 Å². The van der Waals surface area contributed by atoms with Crippen molar-refractivity contribution in [2.24, 2.45) is 11.7 Å². The van der Waals surface area contributed by atoms with Crippen LogP contribution in [0.25, 0.3) is 0 Å². The molecule has 3 nitrogen and oxygen atoms in total. The maximum Gasteiger partial charge on any atom is 0.217 e. The summed E-state index contributed by atoms with van der Waals surface area (Å²) in [6, 6.07) is 0.719. The van der Waals surface area contributed by atoms with E-state index in [1.807, 2.05) is 0 Å². The number of carbonyl (C=O) groups excluding carboxylic acids is 1. The fraction of sp³-hybridized carbons (Fsp3) is 0.929. The first-order chi connectivity index (χ1) is 8.22. The normalized spacial score (nSPS) is 24.8. The van der Waals surface area contributed by atoms with E-state index in [0.29, 0.717) is 6.42 Å². The number of rotatable bonds is 8. The Hall–Kier alpha value is -0.570. The molecule has 0 bridgehead atoms. The third-order valence-electron chi connectivity index (χ3n) is 3.83. The van der Waals surface area contributed by atoms with Crippen LogP contribution in [-0.2, 0) is 4.79 Å². The Bertz CT molecular complexity index is 210. The van der Waals surface area contributed by atoms with Gasteiger partial charge in [0.25, 0.3) is 0 Å². The van der Waals surface area contributed by atoms with Crippen LogP contribution in [0.3, 0.4) is 0 Å². The minimum atomic E-state index is -0.176. The van der Waals surface area contributed by atoms with E-state index < -0.39 is 0 Å². The zero-order valence-electron chi connectivity index (χ0n) is 11.2. The predicted octanol–water partition coefficient (Wildman–Crippen LogP) is 2.59. The van der Waals surface area contributed by atoms with Gasteiger partial charge in [0.1, 0.15) is 0 Å². The number of nitrogens with one attached hydrogen (secondary N) is 1. The van der Waals surface area contributed by atoms with Gasteiger partial charge in [-0.1, -0.05) is 19.8 Å². The van der Waals surface area contributed by atoms with Crippen LogP contribution in [0.15, 0.2) is 0 Å². The third kappa shape index (κ3) is 6.67. The molecule has 0 spiro atoms. The molecule has 1 rings (SSSR count). The summed E-state index contributed by atoms with van der Waals surface area (Å²) in [4.78, 5) is 10.6. The summed E-state index contributed by atoms with van der Waals surface area (Å²) in [5.74, 6) is 0.804. The Morgan fingerprint density at radius 2 is 1.94 bits per heavy atom. The van der Waals surface area contributed by atoms with E-state index in [-0.39, 0.29) is 5.91 Å². The second-order valence-corrected chi connectivity index (χ2v) is 5.38. The lowest BCUT2D eigenvalue weighted by molar-refractivity contribution is -0.118. The molecule has 0 heterocycles. The van der Waals surface area contributed by atoms with Gasteiger partial charge in [-0.05, 0) is 51.0 Å². The fourth-order valence-corrected chi connectivity index (χ4v) is 2.79. The number of amides is 1. The Balaban J connectivity index is 1.97. The van der Waals surface area contributed by atoms with Crippen LogP contribution in [-0.4, -0.2) is 18.5 Å². The van der Waals surface area contributed by atoms with Crippen molar-refractivity contribution in [1.29, 1.82) is 0 Å². The average Bonchev–Trinajstić information content (AvgIpc) is 2.31. The lowest BCUT2D eigenvalue weighted by Gasteiger charge is -2.29. The maximum atomic E-state index is 10.6. The first-order valence-electron chi connectivity index (χ1n) is 7.24. The molecule has 1 aliphatic carbocycles. The molecule has 1 aliphatic rings. The molecule has 0 unspecified atom stereocenters. The molecule has 1 saturated carbocycles. The standard InChI is InChI=1S/C14H28N2O/c1-2-5-12-7-9-13(10-8-12)16-11-4-3-6-14(15)17/h12-13,16H,2-11H2,1H3,(H2,15,17). The van der Waals surface area contributed by atoms with Crippen LogP contribution in [0.2, 0.25) is 0 Å². The molecular weight excluding hydrogens is 212 g/mol. The number of hydrogen-bond donors (Lipinski definition) is 2. The SMILES string of the molecule is CCCC1CCC(NCCCCC(N)=O)CC1. The first kappa shape index (κ1) is 14.5. The van der Waals surface area contributed by atoms with Crippen LogP contribution in [0, 0.1) is 5.92 Å². The summed E-state index contributed by atoms with van der Waals surface area (Å²) < 4.78 is 0. The van der Waals surface area contributed by atoms with Gasteiger partial charge in [-0.3, -0.25) is 4.79 Å². The van der Waals surface area contributed by atoms with Crippen molar-refractivity contribution in [2.45, 2.75) is 70.8 Å². The molecule has 0 radical (unpaired) electrons. The van der Waals surface area contributed by atoms with Gasteiger partial charge in [-0.25, -0.2) is 0 Å². The summed E-state index contributed by atoms with van der Waals surface area (Å²) in [6.07, 6.45) is 10.7. The number of primary amides is 1. The van der Waals surface area contributed by atoms with E-state index >= 15 is 0 Å². The van der Waals surface area contributed by atoms with Crippen LogP contribution in [0.5, 0.6) is 0 Å². The molecule has 1 amide bonds. The van der Waals surface area contributed by atoms with E-state index in [1.165, 1.54) is 38.5 Å². The van der Waals surface area contributed by atoms with E-state index in [2.05, 4.69) is 12.2 Å². The fourth-order valence-electron chi connectivity index (χ4n) is 2.79. The highest BCUT2D eigenvalue weighted by Crippen LogP contribution is 2.27. The monoisotopic (exact) mass is 240 g/mol. The molecule has 3 N–H and O–H groups in total. The molecule has 0 saturated heterocycles. The van der Waals surface area contributed by atoms with E-state index in [4.69, 9.17) is 5.73 Å². The lowest BCUT2D eigenvalue weighted by Crippen LogP contribution is -2.33. The maximum absolute atomic E-state index is 10.6. The van der Waals surface area contributed by atoms with Crippen molar-refractivity contribution in [2.75, 3.05) is 6.54 Å². The molecular formula is C14H28N2O. The van der Waals surface area contributed by atoms with Crippen molar-refractivity contribution < 1.29 is 4.79 Å². The molecule has 1 fully saturated rings. The summed E-state index contributed by atoms with van der Waals surface area (Å²) >= 11 is 0. The Labute approximate surface area is 106 Å². The smallest absolute Gasteiger partial charge is 0.217 e. The Kier molecular flexibility index (Phi) is 7.25. The van der Waals surface area contributed by atoms with Gasteiger partial charge >= 0.3 is 0 Å². The van der Waals surface area contributed by atoms with Crippen LogP contribution >= 0.6 is 0 Å². The minimum absolute atomic E-state index is 0.176. The summed E-state index contributed by atoms with van der Waals surface area (Å²) in [5.41, 5.74) is 5.10. The lowest BCUT2D eigenvalue weighted by atomic mass is 9.83. The molecule has 0 atom stereocenters. The second-order valence-electron chi connectivity index (χ2n) is 5.38. The molecule has 0 aromatic carbocycles. The second kappa shape index (κ2) is 8.51. The zero-order valence-corrected chi connectivity index (χ0v) is 11.2. The Morgan fingerprint density at radius 1 is 1.24 bits per heavy atom. The average molecular weight is 240 g/mol. The molecule has 0 aromatic heterocycles. The highest BCUT2D eigenvalue weighted by atomic mass is 16.1. The molecule has 0 aromatic rings. The van der Waals surface area contributed by atoms with E-state index in [0.717, 1.165) is 31.3 Å². The van der Waals surface area contributed by atoms with Gasteiger partial charge in [-0.15, -0.1) is 0 Å². The number of hydrogen-bond acceptors (Lipinski definition) is 2. The topological polar surface area (TPSA) is 55.1 Å². The van der Waals surface area contributed by atoms with Gasteiger partial charge in [0, 0.05) is 12.5 Å². The van der Waals surface area contributed by atoms with Crippen molar-refractivity contribution in [3.05, 3.63) is 0 Å². The van der Waals surface area contributed by atoms with Gasteiger partial charge in [0.05, 0.1) is 0 Å². The van der Waals surface area contributed by atoms with Gasteiger partial charge in [-0.2, -0.15) is 0 Å². The van der Waals surface area contributed by atoms with Crippen molar-refractivity contribution in [1.82, 2.24) is 5.32 Å². The Morgan fingerprint density at radius 3 is 2.53 bits per heavy atom. The third-order valence-corrected chi connectivity index (χ3v) is 3.83. The first-order valence-corrected chi connectivity index (χ1v) is 7.24. The van der Waals surface area contributed by atoms with Crippen LogP contribution in [0.1, 0.15) is 64.7 Å². The quantitative estimate of drug-likeness (QED) is 0.641. The summed E-state index contributed by atoms with van der Waals surface area (Å²) in [5, 5.41) is 3.61. The number of nitrogens with two attached hydrogens (primary N) is 1. The van der Waals surface area contributed by atoms with Gasteiger partial charge < -0.3 is 11.1 Å². The predicted molar refractivity (Wildman–Crippen MR) is 71.7 cm³/mol. The van der Waals surface area contributed by atoms with Crippen molar-refractivity contribution in [3.63, 3.8) is 0 Å². The van der Waals surface area contributed by atoms with Gasteiger partial charge in [0.15, 0.2) is 0 Å². The molecule has 3 heteroatoms. The number of unbranched alkanes of at least 4 members (excludes halogenated alkanes) is 1.